The van der Waals surface area contributed by atoms with Crippen molar-refractivity contribution >= 4 is 19.9 Å². The van der Waals surface area contributed by atoms with Gasteiger partial charge in [0.2, 0.25) is 10.0 Å². The van der Waals surface area contributed by atoms with E-state index in [4.69, 9.17) is 4.74 Å². The Labute approximate surface area is 150 Å². The van der Waals surface area contributed by atoms with Crippen LogP contribution in [0.4, 0.5) is 0 Å². The molecule has 0 bridgehead atoms. The van der Waals surface area contributed by atoms with Crippen molar-refractivity contribution < 1.29 is 21.6 Å². The Bertz CT molecular complexity index is 842. The van der Waals surface area contributed by atoms with E-state index >= 15 is 0 Å². The lowest BCUT2D eigenvalue weighted by Crippen LogP contribution is -2.45. The van der Waals surface area contributed by atoms with Gasteiger partial charge in [-0.15, -0.1) is 0 Å². The van der Waals surface area contributed by atoms with E-state index in [2.05, 4.69) is 0 Å². The smallest absolute Gasteiger partial charge is 0.243 e. The van der Waals surface area contributed by atoms with Gasteiger partial charge in [-0.05, 0) is 50.3 Å². The summed E-state index contributed by atoms with van der Waals surface area (Å²) in [6.45, 7) is 4.46. The van der Waals surface area contributed by atoms with E-state index in [1.165, 1.54) is 4.31 Å². The SMILES string of the molecule is Cc1ccc(C)c(S(=O)(=O)N(C[C@@H]2CCCO2)[C@@H]2CCS(=O)(=O)C2)c1. The summed E-state index contributed by atoms with van der Waals surface area (Å²) in [4.78, 5) is 0.259. The zero-order chi connectivity index (χ0) is 18.2. The second-order valence-electron chi connectivity index (χ2n) is 7.04. The van der Waals surface area contributed by atoms with Crippen LogP contribution in [0, 0.1) is 13.8 Å². The van der Waals surface area contributed by atoms with Crippen molar-refractivity contribution in [2.24, 2.45) is 0 Å². The number of ether oxygens (including phenoxy) is 1. The molecule has 6 nitrogen and oxygen atoms in total. The molecule has 0 saturated carbocycles. The highest BCUT2D eigenvalue weighted by molar-refractivity contribution is 7.92. The van der Waals surface area contributed by atoms with Gasteiger partial charge >= 0.3 is 0 Å². The van der Waals surface area contributed by atoms with Gasteiger partial charge in [-0.3, -0.25) is 0 Å². The maximum Gasteiger partial charge on any atom is 0.243 e. The van der Waals surface area contributed by atoms with Crippen LogP contribution in [0.15, 0.2) is 23.1 Å². The summed E-state index contributed by atoms with van der Waals surface area (Å²) >= 11 is 0. The number of benzene rings is 1. The third-order valence-electron chi connectivity index (χ3n) is 4.95. The Kier molecular flexibility index (Phi) is 5.26. The molecular weight excluding hydrogens is 362 g/mol. The maximum atomic E-state index is 13.4. The van der Waals surface area contributed by atoms with Gasteiger partial charge in [0.25, 0.3) is 0 Å². The molecule has 0 spiro atoms. The molecule has 2 atom stereocenters. The normalized spacial score (nSPS) is 26.4. The van der Waals surface area contributed by atoms with E-state index in [1.54, 1.807) is 19.1 Å². The second-order valence-corrected chi connectivity index (χ2v) is 11.1. The first kappa shape index (κ1) is 18.8. The van der Waals surface area contributed by atoms with Crippen molar-refractivity contribution in [1.82, 2.24) is 4.31 Å². The van der Waals surface area contributed by atoms with Gasteiger partial charge in [-0.1, -0.05) is 12.1 Å². The van der Waals surface area contributed by atoms with Crippen LogP contribution in [0.2, 0.25) is 0 Å². The predicted octanol–water partition coefficient (Wildman–Crippen LogP) is 1.66. The third-order valence-corrected chi connectivity index (χ3v) is 8.76. The molecule has 2 aliphatic rings. The zero-order valence-corrected chi connectivity index (χ0v) is 16.3. The van der Waals surface area contributed by atoms with Crippen LogP contribution in [-0.4, -0.2) is 57.9 Å². The monoisotopic (exact) mass is 387 g/mol. The zero-order valence-electron chi connectivity index (χ0n) is 14.6. The average Bonchev–Trinajstić information content (AvgIpc) is 3.16. The average molecular weight is 388 g/mol. The molecule has 25 heavy (non-hydrogen) atoms. The maximum absolute atomic E-state index is 13.4. The van der Waals surface area contributed by atoms with E-state index in [0.717, 1.165) is 18.4 Å². The van der Waals surface area contributed by atoms with Crippen molar-refractivity contribution in [1.29, 1.82) is 0 Å². The van der Waals surface area contributed by atoms with Crippen LogP contribution < -0.4 is 0 Å². The number of aryl methyl sites for hydroxylation is 2. The molecule has 1 aromatic carbocycles. The number of hydrogen-bond donors (Lipinski definition) is 0. The molecule has 0 N–H and O–H groups in total. The molecule has 2 fully saturated rings. The Hall–Kier alpha value is -0.960. The van der Waals surface area contributed by atoms with Gasteiger partial charge in [0.1, 0.15) is 0 Å². The first-order valence-electron chi connectivity index (χ1n) is 8.60. The summed E-state index contributed by atoms with van der Waals surface area (Å²) in [6, 6.07) is 4.81. The molecule has 2 aliphatic heterocycles. The Balaban J connectivity index is 1.98. The van der Waals surface area contributed by atoms with Crippen molar-refractivity contribution in [2.45, 2.75) is 50.2 Å². The molecule has 0 radical (unpaired) electrons. The molecule has 2 heterocycles. The third kappa shape index (κ3) is 4.07. The largest absolute Gasteiger partial charge is 0.377 e. The number of sulfonamides is 1. The van der Waals surface area contributed by atoms with Gasteiger partial charge in [0, 0.05) is 19.2 Å². The van der Waals surface area contributed by atoms with E-state index in [0.29, 0.717) is 18.6 Å². The molecule has 0 unspecified atom stereocenters. The minimum Gasteiger partial charge on any atom is -0.377 e. The van der Waals surface area contributed by atoms with Crippen LogP contribution in [0.3, 0.4) is 0 Å². The molecular formula is C17H25NO5S2. The lowest BCUT2D eigenvalue weighted by molar-refractivity contribution is 0.0877. The topological polar surface area (TPSA) is 80.8 Å². The van der Waals surface area contributed by atoms with Crippen LogP contribution in [0.1, 0.15) is 30.4 Å². The fourth-order valence-electron chi connectivity index (χ4n) is 3.55. The molecule has 0 amide bonds. The number of nitrogens with zero attached hydrogens (tertiary/aromatic N) is 1. The molecule has 140 valence electrons. The van der Waals surface area contributed by atoms with E-state index in [-0.39, 0.29) is 29.0 Å². The van der Waals surface area contributed by atoms with E-state index in [1.807, 2.05) is 13.0 Å². The highest BCUT2D eigenvalue weighted by Crippen LogP contribution is 2.29. The number of sulfone groups is 1. The fourth-order valence-corrected chi connectivity index (χ4v) is 7.37. The first-order chi connectivity index (χ1) is 11.7. The second kappa shape index (κ2) is 6.98. The van der Waals surface area contributed by atoms with E-state index < -0.39 is 25.9 Å². The van der Waals surface area contributed by atoms with Crippen LogP contribution in [0.25, 0.3) is 0 Å². The van der Waals surface area contributed by atoms with Crippen molar-refractivity contribution in [2.75, 3.05) is 24.7 Å². The number of hydrogen-bond acceptors (Lipinski definition) is 5. The first-order valence-corrected chi connectivity index (χ1v) is 11.9. The lowest BCUT2D eigenvalue weighted by atomic mass is 10.2. The minimum absolute atomic E-state index is 0.0437. The highest BCUT2D eigenvalue weighted by atomic mass is 32.2. The van der Waals surface area contributed by atoms with Crippen molar-refractivity contribution in [3.05, 3.63) is 29.3 Å². The van der Waals surface area contributed by atoms with Crippen LogP contribution >= 0.6 is 0 Å². The molecule has 2 saturated heterocycles. The predicted molar refractivity (Wildman–Crippen MR) is 95.8 cm³/mol. The summed E-state index contributed by atoms with van der Waals surface area (Å²) in [6.07, 6.45) is 1.89. The summed E-state index contributed by atoms with van der Waals surface area (Å²) in [7, 11) is -6.97. The van der Waals surface area contributed by atoms with Gasteiger partial charge in [-0.25, -0.2) is 16.8 Å². The summed E-state index contributed by atoms with van der Waals surface area (Å²) < 4.78 is 57.6. The van der Waals surface area contributed by atoms with Crippen LogP contribution in [0.5, 0.6) is 0 Å². The number of rotatable bonds is 5. The Morgan fingerprint density at radius 3 is 2.60 bits per heavy atom. The van der Waals surface area contributed by atoms with Crippen molar-refractivity contribution in [3.63, 3.8) is 0 Å². The minimum atomic E-state index is -3.79. The molecule has 0 aromatic heterocycles. The molecule has 3 rings (SSSR count). The van der Waals surface area contributed by atoms with Gasteiger partial charge < -0.3 is 4.74 Å². The molecule has 1 aromatic rings. The van der Waals surface area contributed by atoms with Crippen LogP contribution in [-0.2, 0) is 24.6 Å². The molecule has 0 aliphatic carbocycles. The van der Waals surface area contributed by atoms with Gasteiger partial charge in [-0.2, -0.15) is 4.31 Å². The molecule has 8 heteroatoms. The lowest BCUT2D eigenvalue weighted by Gasteiger charge is -2.30. The summed E-state index contributed by atoms with van der Waals surface area (Å²) in [5.41, 5.74) is 1.53. The Morgan fingerprint density at radius 2 is 2.00 bits per heavy atom. The van der Waals surface area contributed by atoms with E-state index in [9.17, 15) is 16.8 Å². The summed E-state index contributed by atoms with van der Waals surface area (Å²) in [5.74, 6) is -0.0637. The van der Waals surface area contributed by atoms with Gasteiger partial charge in [0.05, 0.1) is 22.5 Å². The Morgan fingerprint density at radius 1 is 1.24 bits per heavy atom. The standard InChI is InChI=1S/C17H25NO5S2/c1-13-5-6-14(2)17(10-13)25(21,22)18(11-16-4-3-8-23-16)15-7-9-24(19,20)12-15/h5-6,10,15-16H,3-4,7-9,11-12H2,1-2H3/t15-,16+/m1/s1. The quantitative estimate of drug-likeness (QED) is 0.768. The highest BCUT2D eigenvalue weighted by Gasteiger charge is 2.40. The summed E-state index contributed by atoms with van der Waals surface area (Å²) in [5, 5.41) is 0. The van der Waals surface area contributed by atoms with Gasteiger partial charge in [0.15, 0.2) is 9.84 Å². The van der Waals surface area contributed by atoms with Crippen molar-refractivity contribution in [3.8, 4) is 0 Å². The fraction of sp³-hybridized carbons (Fsp3) is 0.647.